The van der Waals surface area contributed by atoms with Gasteiger partial charge in [0.2, 0.25) is 0 Å². The van der Waals surface area contributed by atoms with Gasteiger partial charge in [-0.1, -0.05) is 30.3 Å². The largest absolute Gasteiger partial charge is 0.456 e. The number of fused-ring (bicyclic) bond motifs is 1. The first-order chi connectivity index (χ1) is 13.6. The van der Waals surface area contributed by atoms with Crippen LogP contribution >= 0.6 is 0 Å². The molecule has 28 heavy (non-hydrogen) atoms. The van der Waals surface area contributed by atoms with E-state index in [0.717, 1.165) is 5.56 Å². The lowest BCUT2D eigenvalue weighted by atomic mass is 10.0. The summed E-state index contributed by atoms with van der Waals surface area (Å²) in [5.41, 5.74) is 2.42. The van der Waals surface area contributed by atoms with Crippen LogP contribution in [0.2, 0.25) is 0 Å². The van der Waals surface area contributed by atoms with E-state index in [-0.39, 0.29) is 23.9 Å². The first kappa shape index (κ1) is 17.4. The van der Waals surface area contributed by atoms with Gasteiger partial charge >= 0.3 is 0 Å². The second-order valence-electron chi connectivity index (χ2n) is 6.24. The van der Waals surface area contributed by atoms with Crippen molar-refractivity contribution in [3.8, 4) is 0 Å². The zero-order valence-electron chi connectivity index (χ0n) is 14.6. The van der Waals surface area contributed by atoms with Crippen molar-refractivity contribution in [3.05, 3.63) is 93.4 Å². The van der Waals surface area contributed by atoms with E-state index in [0.29, 0.717) is 28.9 Å². The van der Waals surface area contributed by atoms with Crippen LogP contribution in [0.4, 0.5) is 11.4 Å². The summed E-state index contributed by atoms with van der Waals surface area (Å²) >= 11 is 0. The summed E-state index contributed by atoms with van der Waals surface area (Å²) in [5.74, 6) is 0.445. The molecule has 0 fully saturated rings. The number of nitrogens with zero attached hydrogens (tertiary/aromatic N) is 2. The van der Waals surface area contributed by atoms with Gasteiger partial charge in [0.25, 0.3) is 11.6 Å². The van der Waals surface area contributed by atoms with Crippen LogP contribution in [0.5, 0.6) is 0 Å². The van der Waals surface area contributed by atoms with Gasteiger partial charge in [-0.3, -0.25) is 19.7 Å². The Morgan fingerprint density at radius 2 is 1.89 bits per heavy atom. The quantitative estimate of drug-likeness (QED) is 0.290. The Bertz CT molecular complexity index is 1130. The van der Waals surface area contributed by atoms with E-state index in [2.05, 4.69) is 0 Å². The zero-order chi connectivity index (χ0) is 19.7. The summed E-state index contributed by atoms with van der Waals surface area (Å²) in [5, 5.41) is 11.0. The van der Waals surface area contributed by atoms with Crippen molar-refractivity contribution in [1.82, 2.24) is 0 Å². The predicted octanol–water partition coefficient (Wildman–Crippen LogP) is 4.09. The summed E-state index contributed by atoms with van der Waals surface area (Å²) in [7, 11) is 0. The summed E-state index contributed by atoms with van der Waals surface area (Å²) in [6.45, 7) is 0.177. The van der Waals surface area contributed by atoms with E-state index in [1.54, 1.807) is 35.2 Å². The summed E-state index contributed by atoms with van der Waals surface area (Å²) in [6.07, 6.45) is 2.25. The molecule has 0 unspecified atom stereocenters. The highest BCUT2D eigenvalue weighted by molar-refractivity contribution is 6.35. The summed E-state index contributed by atoms with van der Waals surface area (Å²) < 4.78 is 5.40. The molecule has 0 atom stereocenters. The lowest BCUT2D eigenvalue weighted by Crippen LogP contribution is -2.25. The van der Waals surface area contributed by atoms with E-state index in [1.807, 2.05) is 24.3 Å². The normalized spacial score (nSPS) is 14.4. The van der Waals surface area contributed by atoms with E-state index >= 15 is 0 Å². The fraction of sp³-hybridized carbons (Fsp3) is 0.0476. The van der Waals surface area contributed by atoms with E-state index in [1.165, 1.54) is 12.1 Å². The molecule has 0 saturated heterocycles. The minimum atomic E-state index is -0.472. The number of nitro benzene ring substituents is 1. The standard InChI is InChI=1S/C21H14N2O5/c24-13-17-9-8-16(28-17)12-22-20-7-2-1-6-18(20)19(21(22)25)11-14-4-3-5-15(10-14)23(26)27/h1-11,13H,12H2/b19-11-. The van der Waals surface area contributed by atoms with Crippen molar-refractivity contribution in [2.24, 2.45) is 0 Å². The molecule has 1 aliphatic heterocycles. The van der Waals surface area contributed by atoms with Crippen LogP contribution < -0.4 is 4.90 Å². The predicted molar refractivity (Wildman–Crippen MR) is 103 cm³/mol. The minimum Gasteiger partial charge on any atom is -0.456 e. The Labute approximate surface area is 159 Å². The van der Waals surface area contributed by atoms with Crippen LogP contribution in [0.25, 0.3) is 11.6 Å². The Morgan fingerprint density at radius 3 is 2.64 bits per heavy atom. The molecule has 0 N–H and O–H groups in total. The lowest BCUT2D eigenvalue weighted by Gasteiger charge is -2.15. The van der Waals surface area contributed by atoms with Gasteiger partial charge < -0.3 is 9.32 Å². The first-order valence-electron chi connectivity index (χ1n) is 8.48. The number of non-ortho nitro benzene ring substituents is 1. The van der Waals surface area contributed by atoms with Gasteiger partial charge in [-0.2, -0.15) is 0 Å². The van der Waals surface area contributed by atoms with Crippen molar-refractivity contribution >= 4 is 35.2 Å². The average Bonchev–Trinajstić information content (AvgIpc) is 3.27. The molecule has 1 aromatic heterocycles. The molecule has 2 aromatic carbocycles. The van der Waals surface area contributed by atoms with E-state index in [4.69, 9.17) is 4.42 Å². The Morgan fingerprint density at radius 1 is 1.07 bits per heavy atom. The molecule has 2 heterocycles. The summed E-state index contributed by atoms with van der Waals surface area (Å²) in [6, 6.07) is 16.6. The molecule has 138 valence electrons. The molecule has 0 radical (unpaired) electrons. The number of anilines is 1. The number of nitro groups is 1. The van der Waals surface area contributed by atoms with Crippen molar-refractivity contribution in [2.45, 2.75) is 6.54 Å². The summed E-state index contributed by atoms with van der Waals surface area (Å²) in [4.78, 5) is 36.0. The molecule has 4 rings (SSSR count). The molecular weight excluding hydrogens is 360 g/mol. The van der Waals surface area contributed by atoms with Crippen LogP contribution in [0, 0.1) is 10.1 Å². The molecule has 3 aromatic rings. The van der Waals surface area contributed by atoms with Gasteiger partial charge in [0, 0.05) is 23.3 Å². The van der Waals surface area contributed by atoms with Crippen molar-refractivity contribution in [2.75, 3.05) is 4.90 Å². The number of aldehydes is 1. The molecule has 1 amide bonds. The van der Waals surface area contributed by atoms with Gasteiger partial charge in [-0.05, 0) is 29.8 Å². The number of furan rings is 1. The first-order valence-corrected chi connectivity index (χ1v) is 8.48. The Kier molecular flexibility index (Phi) is 4.33. The fourth-order valence-electron chi connectivity index (χ4n) is 3.20. The number of carbonyl (C=O) groups is 2. The number of benzene rings is 2. The Balaban J connectivity index is 1.73. The van der Waals surface area contributed by atoms with Crippen LogP contribution in [0.1, 0.15) is 27.4 Å². The third-order valence-electron chi connectivity index (χ3n) is 4.47. The maximum absolute atomic E-state index is 13.1. The zero-order valence-corrected chi connectivity index (χ0v) is 14.6. The van der Waals surface area contributed by atoms with Crippen molar-refractivity contribution < 1.29 is 18.9 Å². The van der Waals surface area contributed by atoms with Crippen LogP contribution in [0.3, 0.4) is 0 Å². The van der Waals surface area contributed by atoms with Gasteiger partial charge in [-0.15, -0.1) is 0 Å². The lowest BCUT2D eigenvalue weighted by molar-refractivity contribution is -0.384. The SMILES string of the molecule is O=Cc1ccc(CN2C(=O)/C(=C\c3cccc([N+](=O)[O-])c3)c3ccccc32)o1. The molecule has 1 aliphatic rings. The fourth-order valence-corrected chi connectivity index (χ4v) is 3.20. The van der Waals surface area contributed by atoms with Gasteiger partial charge in [-0.25, -0.2) is 0 Å². The molecule has 0 aliphatic carbocycles. The molecule has 7 nitrogen and oxygen atoms in total. The number of hydrogen-bond acceptors (Lipinski definition) is 5. The maximum Gasteiger partial charge on any atom is 0.270 e. The number of hydrogen-bond donors (Lipinski definition) is 0. The number of para-hydroxylation sites is 1. The molecular formula is C21H14N2O5. The Hall–Kier alpha value is -4.00. The van der Waals surface area contributed by atoms with Gasteiger partial charge in [0.05, 0.1) is 17.2 Å². The number of rotatable bonds is 5. The second kappa shape index (κ2) is 6.96. The highest BCUT2D eigenvalue weighted by Gasteiger charge is 2.32. The number of amides is 1. The minimum absolute atomic E-state index is 0.0399. The smallest absolute Gasteiger partial charge is 0.270 e. The third kappa shape index (κ3) is 3.09. The van der Waals surface area contributed by atoms with E-state index in [9.17, 15) is 19.7 Å². The highest BCUT2D eigenvalue weighted by Crippen LogP contribution is 2.38. The third-order valence-corrected chi connectivity index (χ3v) is 4.47. The van der Waals surface area contributed by atoms with E-state index < -0.39 is 4.92 Å². The van der Waals surface area contributed by atoms with Crippen LogP contribution in [0.15, 0.2) is 65.1 Å². The van der Waals surface area contributed by atoms with Crippen LogP contribution in [-0.4, -0.2) is 17.1 Å². The molecule has 0 saturated carbocycles. The van der Waals surface area contributed by atoms with Crippen molar-refractivity contribution in [3.63, 3.8) is 0 Å². The molecule has 0 spiro atoms. The van der Waals surface area contributed by atoms with Gasteiger partial charge in [0.15, 0.2) is 12.0 Å². The molecule has 0 bridgehead atoms. The highest BCUT2D eigenvalue weighted by atomic mass is 16.6. The topological polar surface area (TPSA) is 93.7 Å². The maximum atomic E-state index is 13.1. The second-order valence-corrected chi connectivity index (χ2v) is 6.24. The number of carbonyl (C=O) groups excluding carboxylic acids is 2. The van der Waals surface area contributed by atoms with Crippen LogP contribution in [-0.2, 0) is 11.3 Å². The average molecular weight is 374 g/mol. The van der Waals surface area contributed by atoms with Crippen molar-refractivity contribution in [1.29, 1.82) is 0 Å². The molecule has 7 heteroatoms. The monoisotopic (exact) mass is 374 g/mol. The van der Waals surface area contributed by atoms with Gasteiger partial charge in [0.1, 0.15) is 5.76 Å².